The Morgan fingerprint density at radius 2 is 1.83 bits per heavy atom. The first-order chi connectivity index (χ1) is 16.9. The van der Waals surface area contributed by atoms with E-state index in [-0.39, 0.29) is 12.4 Å². The molecule has 1 aromatic carbocycles. The Bertz CT molecular complexity index is 1210. The highest BCUT2D eigenvalue weighted by molar-refractivity contribution is 5.76. The summed E-state index contributed by atoms with van der Waals surface area (Å²) in [4.78, 5) is 23.6. The second kappa shape index (κ2) is 10.9. The minimum atomic E-state index is -4.53. The van der Waals surface area contributed by atoms with Crippen molar-refractivity contribution in [3.63, 3.8) is 0 Å². The van der Waals surface area contributed by atoms with E-state index < -0.39 is 23.4 Å². The van der Waals surface area contributed by atoms with Crippen LogP contribution in [0, 0.1) is 6.92 Å². The number of benzene rings is 1. The summed E-state index contributed by atoms with van der Waals surface area (Å²) in [6.45, 7) is 5.21. The average Bonchev–Trinajstić information content (AvgIpc) is 2.82. The van der Waals surface area contributed by atoms with Crippen LogP contribution < -0.4 is 9.47 Å². The van der Waals surface area contributed by atoms with Crippen molar-refractivity contribution >= 4 is 5.97 Å². The number of ether oxygens (including phenoxy) is 3. The lowest BCUT2D eigenvalue weighted by molar-refractivity contribution is -0.152. The van der Waals surface area contributed by atoms with Crippen molar-refractivity contribution < 1.29 is 37.3 Å². The molecule has 0 aliphatic heterocycles. The van der Waals surface area contributed by atoms with Gasteiger partial charge in [-0.25, -0.2) is 14.8 Å². The Balaban J connectivity index is 1.77. The Labute approximate surface area is 206 Å². The second-order valence-corrected chi connectivity index (χ2v) is 8.47. The minimum absolute atomic E-state index is 0.130. The van der Waals surface area contributed by atoms with E-state index in [1.54, 1.807) is 38.4 Å². The summed E-state index contributed by atoms with van der Waals surface area (Å²) in [6.07, 6.45) is -1.44. The van der Waals surface area contributed by atoms with Gasteiger partial charge < -0.3 is 19.3 Å². The van der Waals surface area contributed by atoms with Gasteiger partial charge in [-0.15, -0.1) is 0 Å². The van der Waals surface area contributed by atoms with Crippen LogP contribution in [0.15, 0.2) is 42.7 Å². The molecule has 3 aromatic rings. The first-order valence-corrected chi connectivity index (χ1v) is 10.9. The molecule has 2 heterocycles. The van der Waals surface area contributed by atoms with E-state index in [1.807, 2.05) is 0 Å². The van der Waals surface area contributed by atoms with Crippen molar-refractivity contribution in [2.45, 2.75) is 45.6 Å². The number of alkyl halides is 3. The Hall–Kier alpha value is -3.73. The molecule has 3 rings (SSSR count). The fourth-order valence-corrected chi connectivity index (χ4v) is 3.12. The number of carboxylic acids is 1. The maximum absolute atomic E-state index is 12.8. The summed E-state index contributed by atoms with van der Waals surface area (Å²) < 4.78 is 55.1. The van der Waals surface area contributed by atoms with E-state index in [1.165, 1.54) is 19.9 Å². The van der Waals surface area contributed by atoms with Gasteiger partial charge in [0.05, 0.1) is 12.3 Å². The number of halogens is 3. The van der Waals surface area contributed by atoms with Gasteiger partial charge in [0.25, 0.3) is 0 Å². The van der Waals surface area contributed by atoms with Crippen LogP contribution in [-0.2, 0) is 28.7 Å². The fourth-order valence-electron chi connectivity index (χ4n) is 3.12. The molecule has 0 unspecified atom stereocenters. The highest BCUT2D eigenvalue weighted by Crippen LogP contribution is 2.29. The summed E-state index contributed by atoms with van der Waals surface area (Å²) in [6, 6.07) is 7.19. The van der Waals surface area contributed by atoms with Crippen LogP contribution in [-0.4, -0.2) is 45.3 Å². The van der Waals surface area contributed by atoms with Gasteiger partial charge in [0.15, 0.2) is 11.4 Å². The molecule has 0 spiro atoms. The smallest absolute Gasteiger partial charge is 0.433 e. The molecule has 0 fully saturated rings. The molecule has 0 saturated carbocycles. The monoisotopic (exact) mass is 505 g/mol. The lowest BCUT2D eigenvalue weighted by Gasteiger charge is -2.23. The molecule has 8 nitrogen and oxygen atoms in total. The van der Waals surface area contributed by atoms with Gasteiger partial charge in [0.2, 0.25) is 0 Å². The molecule has 0 aliphatic carbocycles. The van der Waals surface area contributed by atoms with E-state index >= 15 is 0 Å². The lowest BCUT2D eigenvalue weighted by Crippen LogP contribution is -2.38. The third-order valence-corrected chi connectivity index (χ3v) is 5.23. The number of hydrogen-bond acceptors (Lipinski definition) is 7. The number of aryl methyl sites for hydroxylation is 1. The molecule has 0 saturated heterocycles. The number of pyridine rings is 1. The molecule has 192 valence electrons. The van der Waals surface area contributed by atoms with Gasteiger partial charge in [-0.2, -0.15) is 13.2 Å². The SMILES string of the molecule is COCCc1nc(-c2ccc(C(F)(F)F)nc2)ncc1COc1ccc(OC(C)(C)C(=O)O)c(C)c1. The topological polar surface area (TPSA) is 104 Å². The van der Waals surface area contributed by atoms with Crippen molar-refractivity contribution in [2.75, 3.05) is 13.7 Å². The second-order valence-electron chi connectivity index (χ2n) is 8.47. The summed E-state index contributed by atoms with van der Waals surface area (Å²) >= 11 is 0. The zero-order chi connectivity index (χ0) is 26.5. The van der Waals surface area contributed by atoms with E-state index in [2.05, 4.69) is 15.0 Å². The zero-order valence-corrected chi connectivity index (χ0v) is 20.2. The summed E-state index contributed by atoms with van der Waals surface area (Å²) in [5.74, 6) is 0.112. The maximum atomic E-state index is 12.8. The number of hydrogen-bond donors (Lipinski definition) is 1. The molecule has 0 amide bonds. The summed E-state index contributed by atoms with van der Waals surface area (Å²) in [5.41, 5.74) is -0.0192. The first kappa shape index (κ1) is 26.9. The largest absolute Gasteiger partial charge is 0.489 e. The molecule has 2 aromatic heterocycles. The van der Waals surface area contributed by atoms with Crippen LogP contribution >= 0.6 is 0 Å². The van der Waals surface area contributed by atoms with E-state index in [0.29, 0.717) is 46.9 Å². The Morgan fingerprint density at radius 1 is 1.08 bits per heavy atom. The predicted octanol–water partition coefficient (Wildman–Crippen LogP) is 4.88. The first-order valence-electron chi connectivity index (χ1n) is 10.9. The molecular weight excluding hydrogens is 479 g/mol. The molecule has 1 N–H and O–H groups in total. The maximum Gasteiger partial charge on any atom is 0.433 e. The summed E-state index contributed by atoms with van der Waals surface area (Å²) in [7, 11) is 1.55. The molecule has 0 radical (unpaired) electrons. The highest BCUT2D eigenvalue weighted by Gasteiger charge is 2.32. The lowest BCUT2D eigenvalue weighted by atomic mass is 10.1. The van der Waals surface area contributed by atoms with Crippen LogP contribution in [0.25, 0.3) is 11.4 Å². The minimum Gasteiger partial charge on any atom is -0.489 e. The molecular formula is C25H26F3N3O5. The molecule has 0 aliphatic rings. The van der Waals surface area contributed by atoms with Gasteiger partial charge in [-0.3, -0.25) is 4.98 Å². The van der Waals surface area contributed by atoms with Gasteiger partial charge in [-0.1, -0.05) is 0 Å². The number of nitrogens with zero attached hydrogens (tertiary/aromatic N) is 3. The van der Waals surface area contributed by atoms with Gasteiger partial charge in [0.1, 0.15) is 23.8 Å². The third-order valence-electron chi connectivity index (χ3n) is 5.23. The van der Waals surface area contributed by atoms with E-state index in [0.717, 1.165) is 12.3 Å². The van der Waals surface area contributed by atoms with E-state index in [9.17, 15) is 23.1 Å². The normalized spacial score (nSPS) is 11.9. The number of aliphatic carboxylic acids is 1. The van der Waals surface area contributed by atoms with Crippen molar-refractivity contribution in [2.24, 2.45) is 0 Å². The standard InChI is InChI=1S/C25H26F3N3O5/c1-15-11-18(6-7-20(15)36-24(2,3)23(32)33)35-14-17-13-30-22(31-19(17)9-10-34-4)16-5-8-21(29-12-16)25(26,27)28/h5-8,11-13H,9-10,14H2,1-4H3,(H,32,33). The van der Waals surface area contributed by atoms with Gasteiger partial charge >= 0.3 is 12.1 Å². The number of carboxylic acid groups (broad SMARTS) is 1. The molecule has 36 heavy (non-hydrogen) atoms. The van der Waals surface area contributed by atoms with E-state index in [4.69, 9.17) is 14.2 Å². The summed E-state index contributed by atoms with van der Waals surface area (Å²) in [5, 5.41) is 9.26. The fraction of sp³-hybridized carbons (Fsp3) is 0.360. The zero-order valence-electron chi connectivity index (χ0n) is 20.2. The van der Waals surface area contributed by atoms with Crippen LogP contribution in [0.4, 0.5) is 13.2 Å². The number of methoxy groups -OCH3 is 1. The Morgan fingerprint density at radius 3 is 2.42 bits per heavy atom. The molecule has 0 bridgehead atoms. The van der Waals surface area contributed by atoms with Crippen molar-refractivity contribution in [1.82, 2.24) is 15.0 Å². The van der Waals surface area contributed by atoms with Crippen LogP contribution in [0.3, 0.4) is 0 Å². The third kappa shape index (κ3) is 6.69. The van der Waals surface area contributed by atoms with Gasteiger partial charge in [0, 0.05) is 37.1 Å². The quantitative estimate of drug-likeness (QED) is 0.416. The number of rotatable bonds is 10. The van der Waals surface area contributed by atoms with Crippen LogP contribution in [0.5, 0.6) is 11.5 Å². The average molecular weight is 505 g/mol. The van der Waals surface area contributed by atoms with Crippen LogP contribution in [0.1, 0.15) is 36.4 Å². The van der Waals surface area contributed by atoms with Crippen LogP contribution in [0.2, 0.25) is 0 Å². The number of carbonyl (C=O) groups is 1. The predicted molar refractivity (Wildman–Crippen MR) is 124 cm³/mol. The van der Waals surface area contributed by atoms with Gasteiger partial charge in [-0.05, 0) is 56.7 Å². The van der Waals surface area contributed by atoms with Crippen molar-refractivity contribution in [3.05, 3.63) is 65.2 Å². The van der Waals surface area contributed by atoms with Crippen molar-refractivity contribution in [3.8, 4) is 22.9 Å². The Kier molecular flexibility index (Phi) is 8.13. The number of aromatic nitrogens is 3. The highest BCUT2D eigenvalue weighted by atomic mass is 19.4. The molecule has 11 heteroatoms. The van der Waals surface area contributed by atoms with Crippen molar-refractivity contribution in [1.29, 1.82) is 0 Å². The molecule has 0 atom stereocenters.